The predicted octanol–water partition coefficient (Wildman–Crippen LogP) is 3.98. The van der Waals surface area contributed by atoms with E-state index in [2.05, 4.69) is 37.3 Å². The molecule has 0 nitrogen and oxygen atoms in total. The summed E-state index contributed by atoms with van der Waals surface area (Å²) in [5.74, 6) is 1.77. The van der Waals surface area contributed by atoms with Gasteiger partial charge >= 0.3 is 0 Å². The largest absolute Gasteiger partial charge is 0.0625 e. The fraction of sp³-hybridized carbons (Fsp3) is 0.538. The van der Waals surface area contributed by atoms with Gasteiger partial charge in [-0.05, 0) is 30.2 Å². The minimum atomic E-state index is 0.838. The van der Waals surface area contributed by atoms with E-state index in [1.165, 1.54) is 25.7 Å². The summed E-state index contributed by atoms with van der Waals surface area (Å²) in [5, 5.41) is 0. The molecule has 0 spiro atoms. The van der Waals surface area contributed by atoms with Crippen molar-refractivity contribution < 1.29 is 0 Å². The van der Waals surface area contributed by atoms with Crippen LogP contribution in [0.2, 0.25) is 0 Å². The van der Waals surface area contributed by atoms with E-state index in [-0.39, 0.29) is 0 Å². The zero-order valence-corrected chi connectivity index (χ0v) is 8.37. The molecule has 0 bridgehead atoms. The van der Waals surface area contributed by atoms with Crippen LogP contribution < -0.4 is 0 Å². The van der Waals surface area contributed by atoms with Gasteiger partial charge in [-0.25, -0.2) is 0 Å². The Labute approximate surface area is 81.0 Å². The second-order valence-corrected chi connectivity index (χ2v) is 4.38. The highest BCUT2D eigenvalue weighted by atomic mass is 14.2. The van der Waals surface area contributed by atoms with E-state index in [0.29, 0.717) is 0 Å². The summed E-state index contributed by atoms with van der Waals surface area (Å²) in [6.45, 7) is 2.38. The lowest BCUT2D eigenvalue weighted by Crippen LogP contribution is -2.11. The average Bonchev–Trinajstić information content (AvgIpc) is 2.19. The Morgan fingerprint density at radius 2 is 1.85 bits per heavy atom. The summed E-state index contributed by atoms with van der Waals surface area (Å²) in [4.78, 5) is 0. The second-order valence-electron chi connectivity index (χ2n) is 4.38. The molecule has 2 rings (SSSR count). The van der Waals surface area contributed by atoms with E-state index in [1.807, 2.05) is 0 Å². The summed E-state index contributed by atoms with van der Waals surface area (Å²) in [7, 11) is 0. The fourth-order valence-electron chi connectivity index (χ4n) is 2.46. The van der Waals surface area contributed by atoms with Crippen molar-refractivity contribution in [3.05, 3.63) is 35.9 Å². The molecular weight excluding hydrogens is 156 g/mol. The van der Waals surface area contributed by atoms with Crippen molar-refractivity contribution >= 4 is 0 Å². The second kappa shape index (κ2) is 3.95. The monoisotopic (exact) mass is 174 g/mol. The van der Waals surface area contributed by atoms with Crippen molar-refractivity contribution in [1.29, 1.82) is 0 Å². The SMILES string of the molecule is C[C@H]1CCC[C@@H](c2ccccc2)C1. The van der Waals surface area contributed by atoms with E-state index in [9.17, 15) is 0 Å². The molecule has 1 aromatic carbocycles. The molecule has 0 heteroatoms. The van der Waals surface area contributed by atoms with Crippen LogP contribution in [0.4, 0.5) is 0 Å². The molecule has 1 aromatic rings. The topological polar surface area (TPSA) is 0 Å². The van der Waals surface area contributed by atoms with Crippen LogP contribution in [0.15, 0.2) is 30.3 Å². The Morgan fingerprint density at radius 1 is 1.08 bits per heavy atom. The maximum Gasteiger partial charge on any atom is -0.0159 e. The summed E-state index contributed by atoms with van der Waals surface area (Å²) < 4.78 is 0. The first-order valence-electron chi connectivity index (χ1n) is 5.41. The van der Waals surface area contributed by atoms with E-state index in [0.717, 1.165) is 11.8 Å². The van der Waals surface area contributed by atoms with Crippen LogP contribution in [0.3, 0.4) is 0 Å². The van der Waals surface area contributed by atoms with E-state index >= 15 is 0 Å². The molecule has 2 atom stereocenters. The van der Waals surface area contributed by atoms with Gasteiger partial charge in [-0.2, -0.15) is 0 Å². The predicted molar refractivity (Wildman–Crippen MR) is 56.8 cm³/mol. The van der Waals surface area contributed by atoms with Gasteiger partial charge < -0.3 is 0 Å². The Morgan fingerprint density at radius 3 is 2.54 bits per heavy atom. The Hall–Kier alpha value is -0.780. The average molecular weight is 174 g/mol. The number of rotatable bonds is 1. The number of benzene rings is 1. The van der Waals surface area contributed by atoms with Crippen molar-refractivity contribution in [3.8, 4) is 0 Å². The Kier molecular flexibility index (Phi) is 2.68. The minimum absolute atomic E-state index is 0.838. The van der Waals surface area contributed by atoms with E-state index in [1.54, 1.807) is 5.56 Å². The van der Waals surface area contributed by atoms with Gasteiger partial charge in [0.1, 0.15) is 0 Å². The molecule has 0 saturated heterocycles. The Balaban J connectivity index is 2.08. The summed E-state index contributed by atoms with van der Waals surface area (Å²) >= 11 is 0. The smallest absolute Gasteiger partial charge is 0.0159 e. The van der Waals surface area contributed by atoms with Gasteiger partial charge in [0.05, 0.1) is 0 Å². The van der Waals surface area contributed by atoms with Crippen LogP contribution in [-0.4, -0.2) is 0 Å². The van der Waals surface area contributed by atoms with Crippen LogP contribution in [0.5, 0.6) is 0 Å². The van der Waals surface area contributed by atoms with Crippen LogP contribution >= 0.6 is 0 Å². The van der Waals surface area contributed by atoms with Gasteiger partial charge in [0, 0.05) is 0 Å². The van der Waals surface area contributed by atoms with Crippen LogP contribution in [-0.2, 0) is 0 Å². The minimum Gasteiger partial charge on any atom is -0.0625 e. The van der Waals surface area contributed by atoms with Crippen molar-refractivity contribution in [1.82, 2.24) is 0 Å². The van der Waals surface area contributed by atoms with Crippen molar-refractivity contribution in [2.24, 2.45) is 5.92 Å². The highest BCUT2D eigenvalue weighted by molar-refractivity contribution is 5.19. The van der Waals surface area contributed by atoms with Crippen LogP contribution in [0.1, 0.15) is 44.1 Å². The normalized spacial score (nSPS) is 28.7. The number of hydrogen-bond donors (Lipinski definition) is 0. The Bertz CT molecular complexity index is 250. The van der Waals surface area contributed by atoms with Crippen molar-refractivity contribution in [2.45, 2.75) is 38.5 Å². The molecule has 1 aliphatic carbocycles. The molecule has 0 aliphatic heterocycles. The van der Waals surface area contributed by atoms with Crippen molar-refractivity contribution in [3.63, 3.8) is 0 Å². The van der Waals surface area contributed by atoms with E-state index in [4.69, 9.17) is 0 Å². The summed E-state index contributed by atoms with van der Waals surface area (Å²) in [6, 6.07) is 11.0. The van der Waals surface area contributed by atoms with Crippen molar-refractivity contribution in [2.75, 3.05) is 0 Å². The summed E-state index contributed by atoms with van der Waals surface area (Å²) in [6.07, 6.45) is 5.64. The van der Waals surface area contributed by atoms with Crippen LogP contribution in [0, 0.1) is 5.92 Å². The molecule has 0 N–H and O–H groups in total. The number of hydrogen-bond acceptors (Lipinski definition) is 0. The van der Waals surface area contributed by atoms with Gasteiger partial charge in [-0.3, -0.25) is 0 Å². The first-order valence-corrected chi connectivity index (χ1v) is 5.41. The fourth-order valence-corrected chi connectivity index (χ4v) is 2.46. The van der Waals surface area contributed by atoms with Gasteiger partial charge in [-0.15, -0.1) is 0 Å². The lowest BCUT2D eigenvalue weighted by atomic mass is 9.79. The highest BCUT2D eigenvalue weighted by Crippen LogP contribution is 2.35. The molecule has 1 saturated carbocycles. The first-order chi connectivity index (χ1) is 6.36. The molecule has 0 radical (unpaired) electrons. The molecule has 1 aliphatic rings. The molecule has 70 valence electrons. The third-order valence-electron chi connectivity index (χ3n) is 3.21. The molecule has 0 amide bonds. The van der Waals surface area contributed by atoms with Gasteiger partial charge in [-0.1, -0.05) is 50.1 Å². The first kappa shape index (κ1) is 8.80. The molecule has 0 aromatic heterocycles. The quantitative estimate of drug-likeness (QED) is 0.604. The van der Waals surface area contributed by atoms with Gasteiger partial charge in [0.2, 0.25) is 0 Å². The van der Waals surface area contributed by atoms with E-state index < -0.39 is 0 Å². The highest BCUT2D eigenvalue weighted by Gasteiger charge is 2.19. The lowest BCUT2D eigenvalue weighted by molar-refractivity contribution is 0.344. The van der Waals surface area contributed by atoms with Crippen LogP contribution in [0.25, 0.3) is 0 Å². The zero-order chi connectivity index (χ0) is 9.10. The maximum atomic E-state index is 2.38. The molecule has 0 heterocycles. The molecular formula is C13H18. The molecule has 13 heavy (non-hydrogen) atoms. The maximum absolute atomic E-state index is 2.38. The standard InChI is InChI=1S/C13H18/c1-11-6-5-9-13(10-11)12-7-3-2-4-8-12/h2-4,7-8,11,13H,5-6,9-10H2,1H3/t11-,13+/m0/s1. The third-order valence-corrected chi connectivity index (χ3v) is 3.21. The van der Waals surface area contributed by atoms with Gasteiger partial charge in [0.25, 0.3) is 0 Å². The molecule has 0 unspecified atom stereocenters. The van der Waals surface area contributed by atoms with Gasteiger partial charge in [0.15, 0.2) is 0 Å². The molecule has 1 fully saturated rings. The lowest BCUT2D eigenvalue weighted by Gasteiger charge is -2.26. The zero-order valence-electron chi connectivity index (χ0n) is 8.37. The summed E-state index contributed by atoms with van der Waals surface area (Å²) in [5.41, 5.74) is 1.55. The third kappa shape index (κ3) is 2.12.